The number of halogens is 1. The van der Waals surface area contributed by atoms with Crippen LogP contribution in [0.3, 0.4) is 0 Å². The maximum absolute atomic E-state index is 12.6. The molecule has 1 heterocycles. The Morgan fingerprint density at radius 3 is 2.71 bits per heavy atom. The lowest BCUT2D eigenvalue weighted by atomic mass is 9.92. The van der Waals surface area contributed by atoms with Gasteiger partial charge in [0.25, 0.3) is 0 Å². The number of nitrogens with zero attached hydrogens (tertiary/aromatic N) is 1. The first kappa shape index (κ1) is 13.2. The molecule has 1 saturated heterocycles. The Kier molecular flexibility index (Phi) is 4.72. The van der Waals surface area contributed by atoms with E-state index in [4.69, 9.17) is 11.6 Å². The smallest absolute Gasteiger partial charge is 0.226 e. The zero-order valence-corrected chi connectivity index (χ0v) is 11.6. The fourth-order valence-corrected chi connectivity index (χ4v) is 3.69. The number of amides is 1. The van der Waals surface area contributed by atoms with Crippen molar-refractivity contribution in [3.8, 4) is 0 Å². The van der Waals surface area contributed by atoms with Crippen LogP contribution in [0.2, 0.25) is 0 Å². The molecule has 0 spiro atoms. The van der Waals surface area contributed by atoms with E-state index in [2.05, 4.69) is 11.8 Å². The summed E-state index contributed by atoms with van der Waals surface area (Å²) < 4.78 is 0. The molecule has 0 aromatic rings. The third kappa shape index (κ3) is 2.96. The molecule has 3 heteroatoms. The van der Waals surface area contributed by atoms with Crippen molar-refractivity contribution < 1.29 is 4.79 Å². The van der Waals surface area contributed by atoms with Crippen LogP contribution in [0, 0.1) is 11.8 Å². The molecule has 0 bridgehead atoms. The van der Waals surface area contributed by atoms with Crippen LogP contribution in [0.25, 0.3) is 0 Å². The summed E-state index contributed by atoms with van der Waals surface area (Å²) in [4.78, 5) is 14.7. The molecule has 1 amide bonds. The van der Waals surface area contributed by atoms with Gasteiger partial charge in [0.05, 0.1) is 0 Å². The largest absolute Gasteiger partial charge is 0.339 e. The number of hydrogen-bond donors (Lipinski definition) is 0. The molecule has 2 aliphatic rings. The first-order chi connectivity index (χ1) is 8.24. The first-order valence-electron chi connectivity index (χ1n) is 7.10. The average molecular weight is 258 g/mol. The van der Waals surface area contributed by atoms with Crippen LogP contribution in [0.15, 0.2) is 0 Å². The van der Waals surface area contributed by atoms with Crippen LogP contribution in [0.4, 0.5) is 0 Å². The van der Waals surface area contributed by atoms with Gasteiger partial charge in [0.15, 0.2) is 0 Å². The van der Waals surface area contributed by atoms with E-state index in [0.29, 0.717) is 29.7 Å². The summed E-state index contributed by atoms with van der Waals surface area (Å²) >= 11 is 5.86. The Morgan fingerprint density at radius 1 is 1.24 bits per heavy atom. The fraction of sp³-hybridized carbons (Fsp3) is 0.929. The molecule has 2 fully saturated rings. The van der Waals surface area contributed by atoms with Crippen molar-refractivity contribution in [2.24, 2.45) is 11.8 Å². The van der Waals surface area contributed by atoms with Crippen LogP contribution in [-0.2, 0) is 4.79 Å². The van der Waals surface area contributed by atoms with E-state index in [1.807, 2.05) is 0 Å². The molecule has 0 aromatic heterocycles. The normalized spacial score (nSPS) is 34.0. The van der Waals surface area contributed by atoms with Crippen molar-refractivity contribution in [3.05, 3.63) is 0 Å². The van der Waals surface area contributed by atoms with Crippen molar-refractivity contribution >= 4 is 17.5 Å². The molecule has 0 aromatic carbocycles. The lowest BCUT2D eigenvalue weighted by molar-refractivity contribution is -0.140. The van der Waals surface area contributed by atoms with Gasteiger partial charge in [0.2, 0.25) is 5.91 Å². The Hall–Kier alpha value is -0.240. The first-order valence-corrected chi connectivity index (χ1v) is 7.64. The number of likely N-dealkylation sites (tertiary alicyclic amines) is 1. The molecule has 1 aliphatic heterocycles. The van der Waals surface area contributed by atoms with Gasteiger partial charge in [-0.15, -0.1) is 11.6 Å². The highest BCUT2D eigenvalue weighted by molar-refractivity contribution is 6.17. The lowest BCUT2D eigenvalue weighted by Gasteiger charge is -2.38. The number of carbonyl (C=O) groups is 1. The highest BCUT2D eigenvalue weighted by Crippen LogP contribution is 2.34. The minimum Gasteiger partial charge on any atom is -0.339 e. The van der Waals surface area contributed by atoms with Gasteiger partial charge in [-0.05, 0) is 44.4 Å². The van der Waals surface area contributed by atoms with E-state index >= 15 is 0 Å². The van der Waals surface area contributed by atoms with Crippen molar-refractivity contribution in [1.82, 2.24) is 4.90 Å². The molecule has 0 N–H and O–H groups in total. The second-order valence-corrected chi connectivity index (χ2v) is 6.05. The Bertz CT molecular complexity index is 267. The van der Waals surface area contributed by atoms with Crippen LogP contribution in [-0.4, -0.2) is 29.3 Å². The third-order valence-electron chi connectivity index (χ3n) is 4.53. The Labute approximate surface area is 110 Å². The van der Waals surface area contributed by atoms with E-state index < -0.39 is 0 Å². The predicted octanol–water partition coefficient (Wildman–Crippen LogP) is 3.43. The topological polar surface area (TPSA) is 20.3 Å². The molecule has 1 saturated carbocycles. The zero-order valence-electron chi connectivity index (χ0n) is 10.8. The molecule has 3 unspecified atom stereocenters. The summed E-state index contributed by atoms with van der Waals surface area (Å²) in [5, 5.41) is 0. The number of carbonyl (C=O) groups excluding carboxylic acids is 1. The maximum atomic E-state index is 12.6. The van der Waals surface area contributed by atoms with Gasteiger partial charge in [-0.3, -0.25) is 4.79 Å². The van der Waals surface area contributed by atoms with Crippen molar-refractivity contribution in [1.29, 1.82) is 0 Å². The van der Waals surface area contributed by atoms with Crippen LogP contribution in [0.5, 0.6) is 0 Å². The minimum atomic E-state index is 0.297. The van der Waals surface area contributed by atoms with Gasteiger partial charge in [-0.1, -0.05) is 13.3 Å². The maximum Gasteiger partial charge on any atom is 0.226 e. The Morgan fingerprint density at radius 2 is 2.06 bits per heavy atom. The van der Waals surface area contributed by atoms with Crippen LogP contribution >= 0.6 is 11.6 Å². The van der Waals surface area contributed by atoms with E-state index in [0.717, 1.165) is 25.8 Å². The molecule has 98 valence electrons. The molecule has 2 nitrogen and oxygen atoms in total. The van der Waals surface area contributed by atoms with Crippen LogP contribution < -0.4 is 0 Å². The molecule has 17 heavy (non-hydrogen) atoms. The highest BCUT2D eigenvalue weighted by atomic mass is 35.5. The van der Waals surface area contributed by atoms with Crippen LogP contribution in [0.1, 0.15) is 51.9 Å². The third-order valence-corrected chi connectivity index (χ3v) is 4.75. The predicted molar refractivity (Wildman–Crippen MR) is 71.2 cm³/mol. The highest BCUT2D eigenvalue weighted by Gasteiger charge is 2.36. The molecule has 0 radical (unpaired) electrons. The van der Waals surface area contributed by atoms with Gasteiger partial charge in [0, 0.05) is 24.4 Å². The average Bonchev–Trinajstić information content (AvgIpc) is 2.76. The van der Waals surface area contributed by atoms with Gasteiger partial charge in [-0.2, -0.15) is 0 Å². The number of hydrogen-bond acceptors (Lipinski definition) is 1. The standard InChI is InChI=1S/C14H24ClNO/c1-11-5-4-7-13(11)14(17)16-10-3-2-6-12(16)8-9-15/h11-13H,2-10H2,1H3. The SMILES string of the molecule is CC1CCCC1C(=O)N1CCCCC1CCCl. The monoisotopic (exact) mass is 257 g/mol. The quantitative estimate of drug-likeness (QED) is 0.710. The molecule has 1 aliphatic carbocycles. The van der Waals surface area contributed by atoms with Crippen molar-refractivity contribution in [3.63, 3.8) is 0 Å². The van der Waals surface area contributed by atoms with E-state index in [1.54, 1.807) is 0 Å². The second-order valence-electron chi connectivity index (χ2n) is 5.67. The van der Waals surface area contributed by atoms with Crippen molar-refractivity contribution in [2.45, 2.75) is 57.9 Å². The van der Waals surface area contributed by atoms with E-state index in [-0.39, 0.29) is 0 Å². The van der Waals surface area contributed by atoms with Gasteiger partial charge in [0.1, 0.15) is 0 Å². The number of alkyl halides is 1. The Balaban J connectivity index is 2.00. The summed E-state index contributed by atoms with van der Waals surface area (Å²) in [6, 6.07) is 0.418. The minimum absolute atomic E-state index is 0.297. The lowest BCUT2D eigenvalue weighted by Crippen LogP contribution is -2.47. The zero-order chi connectivity index (χ0) is 12.3. The molecule has 2 rings (SSSR count). The summed E-state index contributed by atoms with van der Waals surface area (Å²) in [5.74, 6) is 1.98. The van der Waals surface area contributed by atoms with E-state index in [9.17, 15) is 4.79 Å². The van der Waals surface area contributed by atoms with Crippen molar-refractivity contribution in [2.75, 3.05) is 12.4 Å². The number of piperidine rings is 1. The molecular formula is C14H24ClNO. The van der Waals surface area contributed by atoms with Gasteiger partial charge < -0.3 is 4.90 Å². The van der Waals surface area contributed by atoms with Gasteiger partial charge >= 0.3 is 0 Å². The second kappa shape index (κ2) is 6.08. The molecular weight excluding hydrogens is 234 g/mol. The van der Waals surface area contributed by atoms with E-state index in [1.165, 1.54) is 25.7 Å². The summed E-state index contributed by atoms with van der Waals surface area (Å²) in [5.41, 5.74) is 0. The summed E-state index contributed by atoms with van der Waals surface area (Å²) in [6.45, 7) is 3.19. The fourth-order valence-electron chi connectivity index (χ4n) is 3.44. The summed E-state index contributed by atoms with van der Waals surface area (Å²) in [6.07, 6.45) is 8.10. The number of rotatable bonds is 3. The van der Waals surface area contributed by atoms with Gasteiger partial charge in [-0.25, -0.2) is 0 Å². The molecule has 3 atom stereocenters. The summed E-state index contributed by atoms with van der Waals surface area (Å²) in [7, 11) is 0.